The lowest BCUT2D eigenvalue weighted by atomic mass is 10.2. The number of carboxylic acids is 1. The molecule has 0 unspecified atom stereocenters. The van der Waals surface area contributed by atoms with E-state index in [1.54, 1.807) is 0 Å². The highest BCUT2D eigenvalue weighted by molar-refractivity contribution is 5.87. The van der Waals surface area contributed by atoms with Crippen LogP contribution in [0.1, 0.15) is 27.2 Å². The van der Waals surface area contributed by atoms with E-state index in [4.69, 9.17) is 9.84 Å². The van der Waals surface area contributed by atoms with Gasteiger partial charge in [0.15, 0.2) is 0 Å². The fraction of sp³-hybridized carbons (Fsp3) is 0.500. The van der Waals surface area contributed by atoms with Gasteiger partial charge in [0.1, 0.15) is 0 Å². The van der Waals surface area contributed by atoms with Crippen molar-refractivity contribution in [3.05, 3.63) is 24.8 Å². The second-order valence-electron chi connectivity index (χ2n) is 3.49. The number of carbonyl (C=O) groups excluding carboxylic acids is 1. The molecule has 0 aliphatic rings. The second kappa shape index (κ2) is 9.96. The van der Waals surface area contributed by atoms with Gasteiger partial charge in [-0.1, -0.05) is 33.9 Å². The Kier molecular flexibility index (Phi) is 10.5. The Morgan fingerprint density at radius 3 is 2.12 bits per heavy atom. The zero-order valence-corrected chi connectivity index (χ0v) is 10.2. The lowest BCUT2D eigenvalue weighted by Gasteiger charge is -2.06. The first-order chi connectivity index (χ1) is 7.34. The first-order valence-corrected chi connectivity index (χ1v) is 5.05. The predicted molar refractivity (Wildman–Crippen MR) is 63.1 cm³/mol. The third-order valence-corrected chi connectivity index (χ3v) is 1.44. The molecule has 16 heavy (non-hydrogen) atoms. The van der Waals surface area contributed by atoms with Gasteiger partial charge in [0.05, 0.1) is 6.61 Å². The lowest BCUT2D eigenvalue weighted by molar-refractivity contribution is -0.140. The summed E-state index contributed by atoms with van der Waals surface area (Å²) in [5.74, 6) is -0.852. The normalized spacial score (nSPS) is 8.75. The molecule has 4 nitrogen and oxygen atoms in total. The highest BCUT2D eigenvalue weighted by atomic mass is 16.5. The summed E-state index contributed by atoms with van der Waals surface area (Å²) in [6.07, 6.45) is 1.50. The SMILES string of the molecule is C=C(CC)C(=O)OCC(C)C.C=CC(=O)O. The Hall–Kier alpha value is -1.58. The zero-order chi connectivity index (χ0) is 13.1. The van der Waals surface area contributed by atoms with Crippen molar-refractivity contribution in [2.75, 3.05) is 6.61 Å². The number of esters is 1. The summed E-state index contributed by atoms with van der Waals surface area (Å²) < 4.78 is 4.92. The minimum Gasteiger partial charge on any atom is -0.478 e. The summed E-state index contributed by atoms with van der Waals surface area (Å²) in [6.45, 7) is 12.9. The molecule has 0 fully saturated rings. The zero-order valence-electron chi connectivity index (χ0n) is 10.2. The fourth-order valence-corrected chi connectivity index (χ4v) is 0.489. The van der Waals surface area contributed by atoms with Crippen molar-refractivity contribution in [2.24, 2.45) is 5.92 Å². The fourth-order valence-electron chi connectivity index (χ4n) is 0.489. The smallest absolute Gasteiger partial charge is 0.333 e. The van der Waals surface area contributed by atoms with Crippen molar-refractivity contribution in [3.63, 3.8) is 0 Å². The summed E-state index contributed by atoms with van der Waals surface area (Å²) >= 11 is 0. The van der Waals surface area contributed by atoms with Crippen LogP contribution in [0.4, 0.5) is 0 Å². The van der Waals surface area contributed by atoms with Crippen molar-refractivity contribution in [3.8, 4) is 0 Å². The molecule has 0 aromatic carbocycles. The molecule has 0 aromatic heterocycles. The molecule has 0 spiro atoms. The first-order valence-electron chi connectivity index (χ1n) is 5.05. The van der Waals surface area contributed by atoms with Gasteiger partial charge < -0.3 is 9.84 Å². The Morgan fingerprint density at radius 2 is 1.88 bits per heavy atom. The Balaban J connectivity index is 0. The van der Waals surface area contributed by atoms with Crippen LogP contribution in [-0.2, 0) is 14.3 Å². The van der Waals surface area contributed by atoms with Crippen molar-refractivity contribution in [1.82, 2.24) is 0 Å². The minimum absolute atomic E-state index is 0.263. The Morgan fingerprint density at radius 1 is 1.44 bits per heavy atom. The van der Waals surface area contributed by atoms with Gasteiger partial charge in [-0.15, -0.1) is 0 Å². The average Bonchev–Trinajstić information content (AvgIpc) is 2.25. The third-order valence-electron chi connectivity index (χ3n) is 1.44. The maximum Gasteiger partial charge on any atom is 0.333 e. The molecule has 0 heterocycles. The maximum absolute atomic E-state index is 11.0. The van der Waals surface area contributed by atoms with Crippen molar-refractivity contribution in [2.45, 2.75) is 27.2 Å². The monoisotopic (exact) mass is 228 g/mol. The van der Waals surface area contributed by atoms with Gasteiger partial charge in [-0.25, -0.2) is 9.59 Å². The molecule has 0 amide bonds. The topological polar surface area (TPSA) is 63.6 Å². The third kappa shape index (κ3) is 12.4. The predicted octanol–water partition coefficient (Wildman–Crippen LogP) is 2.41. The minimum atomic E-state index is -0.981. The molecule has 0 aliphatic carbocycles. The van der Waals surface area contributed by atoms with E-state index in [1.807, 2.05) is 20.8 Å². The molecular weight excluding hydrogens is 208 g/mol. The van der Waals surface area contributed by atoms with E-state index in [-0.39, 0.29) is 5.97 Å². The summed E-state index contributed by atoms with van der Waals surface area (Å²) in [5, 5.41) is 7.60. The Bertz CT molecular complexity index is 254. The molecular formula is C12H20O4. The van der Waals surface area contributed by atoms with E-state index in [2.05, 4.69) is 13.2 Å². The number of hydrogen-bond donors (Lipinski definition) is 1. The van der Waals surface area contributed by atoms with Crippen LogP contribution in [-0.4, -0.2) is 23.7 Å². The van der Waals surface area contributed by atoms with Gasteiger partial charge in [-0.05, 0) is 12.3 Å². The standard InChI is InChI=1S/C9H16O2.C3H4O2/c1-5-8(4)9(10)11-6-7(2)3;1-2-3(4)5/h7H,4-6H2,1-3H3;2H,1H2,(H,4,5). The largest absolute Gasteiger partial charge is 0.478 e. The summed E-state index contributed by atoms with van der Waals surface area (Å²) in [6, 6.07) is 0. The molecule has 0 bridgehead atoms. The van der Waals surface area contributed by atoms with Crippen LogP contribution in [0.2, 0.25) is 0 Å². The molecule has 0 aromatic rings. The van der Waals surface area contributed by atoms with Crippen molar-refractivity contribution < 1.29 is 19.4 Å². The van der Waals surface area contributed by atoms with Crippen molar-refractivity contribution in [1.29, 1.82) is 0 Å². The molecule has 0 aliphatic heterocycles. The maximum atomic E-state index is 11.0. The number of hydrogen-bond acceptors (Lipinski definition) is 3. The number of carbonyl (C=O) groups is 2. The van der Waals surface area contributed by atoms with Gasteiger partial charge in [0, 0.05) is 11.6 Å². The van der Waals surface area contributed by atoms with Gasteiger partial charge in [-0.3, -0.25) is 0 Å². The van der Waals surface area contributed by atoms with Crippen LogP contribution in [0.5, 0.6) is 0 Å². The van der Waals surface area contributed by atoms with Crippen LogP contribution >= 0.6 is 0 Å². The summed E-state index contributed by atoms with van der Waals surface area (Å²) in [5.41, 5.74) is 0.547. The number of carboxylic acid groups (broad SMARTS) is 1. The van der Waals surface area contributed by atoms with Crippen LogP contribution in [0, 0.1) is 5.92 Å². The number of aliphatic carboxylic acids is 1. The molecule has 0 radical (unpaired) electrons. The van der Waals surface area contributed by atoms with E-state index in [9.17, 15) is 9.59 Å². The molecule has 0 saturated heterocycles. The summed E-state index contributed by atoms with van der Waals surface area (Å²) in [7, 11) is 0. The number of ether oxygens (including phenoxy) is 1. The van der Waals surface area contributed by atoms with Crippen LogP contribution in [0.15, 0.2) is 24.8 Å². The van der Waals surface area contributed by atoms with Crippen LogP contribution in [0.25, 0.3) is 0 Å². The van der Waals surface area contributed by atoms with E-state index < -0.39 is 5.97 Å². The van der Waals surface area contributed by atoms with Crippen molar-refractivity contribution >= 4 is 11.9 Å². The summed E-state index contributed by atoms with van der Waals surface area (Å²) in [4.78, 5) is 20.2. The molecule has 0 atom stereocenters. The number of rotatable bonds is 5. The van der Waals surface area contributed by atoms with E-state index in [0.29, 0.717) is 24.5 Å². The van der Waals surface area contributed by atoms with Gasteiger partial charge >= 0.3 is 11.9 Å². The van der Waals surface area contributed by atoms with Gasteiger partial charge in [0.2, 0.25) is 0 Å². The molecule has 4 heteroatoms. The Labute approximate surface area is 96.6 Å². The molecule has 1 N–H and O–H groups in total. The molecule has 92 valence electrons. The molecule has 0 rings (SSSR count). The van der Waals surface area contributed by atoms with Crippen LogP contribution in [0.3, 0.4) is 0 Å². The van der Waals surface area contributed by atoms with E-state index in [0.717, 1.165) is 6.08 Å². The van der Waals surface area contributed by atoms with Gasteiger partial charge in [-0.2, -0.15) is 0 Å². The van der Waals surface area contributed by atoms with Crippen LogP contribution < -0.4 is 0 Å². The van der Waals surface area contributed by atoms with E-state index in [1.165, 1.54) is 0 Å². The van der Waals surface area contributed by atoms with Gasteiger partial charge in [0.25, 0.3) is 0 Å². The quantitative estimate of drug-likeness (QED) is 0.579. The highest BCUT2D eigenvalue weighted by Gasteiger charge is 2.06. The molecule has 0 saturated carbocycles. The lowest BCUT2D eigenvalue weighted by Crippen LogP contribution is -2.10. The first kappa shape index (κ1) is 16.8. The average molecular weight is 228 g/mol. The highest BCUT2D eigenvalue weighted by Crippen LogP contribution is 2.01. The van der Waals surface area contributed by atoms with E-state index >= 15 is 0 Å². The second-order valence-corrected chi connectivity index (χ2v) is 3.49.